The summed E-state index contributed by atoms with van der Waals surface area (Å²) in [5.41, 5.74) is 21.8. The monoisotopic (exact) mass is 786 g/mol. The molecular weight excluding hydrogens is 749 g/mol. The first-order chi connectivity index (χ1) is 30.8. The molecule has 0 atom stereocenters. The Labute approximate surface area is 359 Å². The number of para-hydroxylation sites is 4. The average molecular weight is 787 g/mol. The molecule has 62 heavy (non-hydrogen) atoms. The molecule has 10 aromatic carbocycles. The fraction of sp³-hybridized carbons (Fsp3) is 0. The summed E-state index contributed by atoms with van der Waals surface area (Å²) in [4.78, 5) is 0. The van der Waals surface area contributed by atoms with Gasteiger partial charge >= 0.3 is 0 Å². The highest BCUT2D eigenvalue weighted by Gasteiger charge is 2.23. The van der Waals surface area contributed by atoms with Crippen LogP contribution in [-0.2, 0) is 0 Å². The molecule has 0 saturated carbocycles. The van der Waals surface area contributed by atoms with Crippen LogP contribution in [0.15, 0.2) is 231 Å². The zero-order valence-corrected chi connectivity index (χ0v) is 33.8. The van der Waals surface area contributed by atoms with E-state index >= 15 is 0 Å². The Morgan fingerprint density at radius 3 is 1.10 bits per heavy atom. The van der Waals surface area contributed by atoms with Crippen LogP contribution in [0.4, 0.5) is 0 Å². The molecule has 0 aliphatic heterocycles. The van der Waals surface area contributed by atoms with Gasteiger partial charge in [0.1, 0.15) is 0 Å². The van der Waals surface area contributed by atoms with Crippen LogP contribution >= 0.6 is 0 Å². The lowest BCUT2D eigenvalue weighted by Crippen LogP contribution is -1.98. The smallest absolute Gasteiger partial charge is 0.0541 e. The SMILES string of the molecule is c1ccc(-n2c3ccccc3c3cc(-c4cc(-c5ccc6c(c5)-c5ccccc5-c5ccccc5-c5ccccc5-6)cc(-n5c6ccccc6c6ccccc65)c4)ccc32)cc1. The van der Waals surface area contributed by atoms with Gasteiger partial charge in [0.25, 0.3) is 0 Å². The molecule has 13 rings (SSSR count). The first-order valence-electron chi connectivity index (χ1n) is 21.4. The van der Waals surface area contributed by atoms with Crippen molar-refractivity contribution in [3.8, 4) is 78.1 Å². The topological polar surface area (TPSA) is 9.86 Å². The Balaban J connectivity index is 1.08. The van der Waals surface area contributed by atoms with Gasteiger partial charge in [-0.05, 0) is 133 Å². The molecule has 0 saturated heterocycles. The quantitative estimate of drug-likeness (QED) is 0.168. The second-order valence-corrected chi connectivity index (χ2v) is 16.5. The second kappa shape index (κ2) is 13.7. The lowest BCUT2D eigenvalue weighted by Gasteiger charge is -2.23. The minimum absolute atomic E-state index is 1.13. The number of aromatic nitrogens is 2. The van der Waals surface area contributed by atoms with Gasteiger partial charge in [-0.2, -0.15) is 0 Å². The van der Waals surface area contributed by atoms with Gasteiger partial charge in [0, 0.05) is 32.9 Å². The highest BCUT2D eigenvalue weighted by Crippen LogP contribution is 2.49. The lowest BCUT2D eigenvalue weighted by atomic mass is 9.80. The molecule has 2 aromatic heterocycles. The summed E-state index contributed by atoms with van der Waals surface area (Å²) in [5.74, 6) is 0. The Morgan fingerprint density at radius 1 is 0.194 bits per heavy atom. The zero-order chi connectivity index (χ0) is 40.7. The number of hydrogen-bond donors (Lipinski definition) is 0. The van der Waals surface area contributed by atoms with Gasteiger partial charge in [0.2, 0.25) is 0 Å². The number of benzene rings is 10. The molecule has 1 aliphatic carbocycles. The molecule has 2 heterocycles. The first kappa shape index (κ1) is 34.6. The molecule has 0 fully saturated rings. The van der Waals surface area contributed by atoms with Crippen LogP contribution in [0.2, 0.25) is 0 Å². The Morgan fingerprint density at radius 2 is 0.565 bits per heavy atom. The van der Waals surface area contributed by atoms with Crippen LogP contribution in [-0.4, -0.2) is 9.13 Å². The molecule has 12 aromatic rings. The van der Waals surface area contributed by atoms with E-state index < -0.39 is 0 Å². The summed E-state index contributed by atoms with van der Waals surface area (Å²) in [6, 6.07) is 85.1. The molecule has 2 heteroatoms. The third-order valence-corrected chi connectivity index (χ3v) is 13.1. The van der Waals surface area contributed by atoms with Crippen molar-refractivity contribution in [1.29, 1.82) is 0 Å². The fourth-order valence-electron chi connectivity index (χ4n) is 10.3. The van der Waals surface area contributed by atoms with E-state index in [1.807, 2.05) is 0 Å². The van der Waals surface area contributed by atoms with E-state index in [1.54, 1.807) is 0 Å². The fourth-order valence-corrected chi connectivity index (χ4v) is 10.3. The summed E-state index contributed by atoms with van der Waals surface area (Å²) >= 11 is 0. The van der Waals surface area contributed by atoms with Gasteiger partial charge in [-0.25, -0.2) is 0 Å². The molecule has 0 bridgehead atoms. The van der Waals surface area contributed by atoms with E-state index in [4.69, 9.17) is 0 Å². The molecule has 288 valence electrons. The van der Waals surface area contributed by atoms with Crippen LogP contribution in [0.25, 0.3) is 122 Å². The standard InChI is InChI=1S/C60H38N2/c1-2-16-43(17-3-1)61-59-29-15-12-26-54(59)56-38-40(31-33-60(56)61)42-34-41(35-44(36-42)62-57-27-13-10-24-52(57)53-25-11-14-28-58(53)62)39-30-32-51-49-22-7-6-20-47(49)45-18-4-5-19-46(45)48-21-8-9-23-50(48)55(51)37-39/h1-38H. The van der Waals surface area contributed by atoms with Crippen molar-refractivity contribution in [2.45, 2.75) is 0 Å². The first-order valence-corrected chi connectivity index (χ1v) is 21.4. The molecule has 0 amide bonds. The van der Waals surface area contributed by atoms with Crippen LogP contribution in [0.3, 0.4) is 0 Å². The predicted octanol–water partition coefficient (Wildman–Crippen LogP) is 16.2. The zero-order valence-electron chi connectivity index (χ0n) is 33.8. The lowest BCUT2D eigenvalue weighted by molar-refractivity contribution is 1.18. The second-order valence-electron chi connectivity index (χ2n) is 16.5. The van der Waals surface area contributed by atoms with Crippen molar-refractivity contribution >= 4 is 43.6 Å². The van der Waals surface area contributed by atoms with Gasteiger partial charge in [0.05, 0.1) is 22.1 Å². The van der Waals surface area contributed by atoms with E-state index in [0.717, 1.165) is 11.4 Å². The van der Waals surface area contributed by atoms with Crippen molar-refractivity contribution < 1.29 is 0 Å². The Bertz CT molecular complexity index is 3690. The number of rotatable bonds is 4. The van der Waals surface area contributed by atoms with Crippen molar-refractivity contribution in [3.05, 3.63) is 231 Å². The summed E-state index contributed by atoms with van der Waals surface area (Å²) in [5, 5.41) is 4.99. The average Bonchev–Trinajstić information content (AvgIpc) is 3.86. The Kier molecular flexibility index (Phi) is 7.64. The van der Waals surface area contributed by atoms with Crippen LogP contribution in [0, 0.1) is 0 Å². The minimum atomic E-state index is 1.13. The maximum absolute atomic E-state index is 2.45. The van der Waals surface area contributed by atoms with E-state index in [2.05, 4.69) is 240 Å². The maximum atomic E-state index is 2.45. The van der Waals surface area contributed by atoms with Gasteiger partial charge in [-0.3, -0.25) is 0 Å². The predicted molar refractivity (Wildman–Crippen MR) is 261 cm³/mol. The number of nitrogens with zero attached hydrogens (tertiary/aromatic N) is 2. The van der Waals surface area contributed by atoms with E-state index in [9.17, 15) is 0 Å². The normalized spacial score (nSPS) is 11.9. The van der Waals surface area contributed by atoms with E-state index in [-0.39, 0.29) is 0 Å². The van der Waals surface area contributed by atoms with Crippen molar-refractivity contribution in [2.75, 3.05) is 0 Å². The third-order valence-electron chi connectivity index (χ3n) is 13.1. The molecular formula is C60H38N2. The Hall–Kier alpha value is -8.20. The molecule has 2 nitrogen and oxygen atoms in total. The molecule has 0 N–H and O–H groups in total. The third kappa shape index (κ3) is 5.23. The van der Waals surface area contributed by atoms with Crippen molar-refractivity contribution in [2.24, 2.45) is 0 Å². The van der Waals surface area contributed by atoms with Gasteiger partial charge in [-0.1, -0.05) is 164 Å². The highest BCUT2D eigenvalue weighted by molar-refractivity contribution is 6.12. The van der Waals surface area contributed by atoms with Crippen LogP contribution in [0.1, 0.15) is 0 Å². The van der Waals surface area contributed by atoms with Gasteiger partial charge in [-0.15, -0.1) is 0 Å². The van der Waals surface area contributed by atoms with E-state index in [1.165, 1.54) is 110 Å². The van der Waals surface area contributed by atoms with Crippen LogP contribution in [0.5, 0.6) is 0 Å². The van der Waals surface area contributed by atoms with Gasteiger partial charge in [0.15, 0.2) is 0 Å². The van der Waals surface area contributed by atoms with Crippen molar-refractivity contribution in [1.82, 2.24) is 9.13 Å². The summed E-state index contributed by atoms with van der Waals surface area (Å²) < 4.78 is 4.84. The number of hydrogen-bond acceptors (Lipinski definition) is 0. The van der Waals surface area contributed by atoms with E-state index in [0.29, 0.717) is 0 Å². The van der Waals surface area contributed by atoms with Crippen molar-refractivity contribution in [3.63, 3.8) is 0 Å². The summed E-state index contributed by atoms with van der Waals surface area (Å²) in [6.07, 6.45) is 0. The van der Waals surface area contributed by atoms with Gasteiger partial charge < -0.3 is 9.13 Å². The molecule has 0 radical (unpaired) electrons. The minimum Gasteiger partial charge on any atom is -0.309 e. The van der Waals surface area contributed by atoms with Crippen LogP contribution < -0.4 is 0 Å². The molecule has 0 unspecified atom stereocenters. The number of fused-ring (bicyclic) bond motifs is 14. The summed E-state index contributed by atoms with van der Waals surface area (Å²) in [7, 11) is 0. The maximum Gasteiger partial charge on any atom is 0.0541 e. The molecule has 1 aliphatic rings. The largest absolute Gasteiger partial charge is 0.309 e. The highest BCUT2D eigenvalue weighted by atomic mass is 15.0. The molecule has 0 spiro atoms. The summed E-state index contributed by atoms with van der Waals surface area (Å²) in [6.45, 7) is 0.